The van der Waals surface area contributed by atoms with Crippen molar-refractivity contribution >= 4 is 17.6 Å². The SMILES string of the molecule is CCCNc1cnc(CSc2ccc3c(c2)CCC3)cn1. The summed E-state index contributed by atoms with van der Waals surface area (Å²) in [5, 5.41) is 3.24. The van der Waals surface area contributed by atoms with Gasteiger partial charge in [0.05, 0.1) is 18.1 Å². The molecule has 3 rings (SSSR count). The average Bonchev–Trinajstić information content (AvgIpc) is 2.99. The van der Waals surface area contributed by atoms with Crippen LogP contribution in [-0.4, -0.2) is 16.5 Å². The van der Waals surface area contributed by atoms with Crippen molar-refractivity contribution in [3.63, 3.8) is 0 Å². The molecule has 1 aromatic heterocycles. The van der Waals surface area contributed by atoms with Crippen LogP contribution in [0.3, 0.4) is 0 Å². The van der Waals surface area contributed by atoms with E-state index in [0.29, 0.717) is 0 Å². The smallest absolute Gasteiger partial charge is 0.144 e. The average molecular weight is 299 g/mol. The van der Waals surface area contributed by atoms with Gasteiger partial charge in [-0.1, -0.05) is 13.0 Å². The van der Waals surface area contributed by atoms with Gasteiger partial charge in [-0.05, 0) is 48.9 Å². The number of fused-ring (bicyclic) bond motifs is 1. The number of rotatable bonds is 6. The van der Waals surface area contributed by atoms with E-state index in [0.717, 1.165) is 30.2 Å². The lowest BCUT2D eigenvalue weighted by Crippen LogP contribution is -2.02. The van der Waals surface area contributed by atoms with Crippen LogP contribution in [0.4, 0.5) is 5.82 Å². The van der Waals surface area contributed by atoms with E-state index in [1.54, 1.807) is 0 Å². The van der Waals surface area contributed by atoms with Gasteiger partial charge in [-0.25, -0.2) is 4.98 Å². The monoisotopic (exact) mass is 299 g/mol. The van der Waals surface area contributed by atoms with Gasteiger partial charge in [-0.2, -0.15) is 0 Å². The topological polar surface area (TPSA) is 37.8 Å². The number of aromatic nitrogens is 2. The molecule has 21 heavy (non-hydrogen) atoms. The standard InChI is InChI=1S/C17H21N3S/c1-2-8-18-17-11-19-15(10-20-17)12-21-16-7-6-13-4-3-5-14(13)9-16/h6-7,9-11H,2-5,8,12H2,1H3,(H,18,20). The van der Waals surface area contributed by atoms with Crippen molar-refractivity contribution in [2.24, 2.45) is 0 Å². The molecule has 0 radical (unpaired) electrons. The first-order valence-electron chi connectivity index (χ1n) is 7.64. The second-order valence-electron chi connectivity index (χ2n) is 5.39. The Kier molecular flexibility index (Phi) is 4.76. The summed E-state index contributed by atoms with van der Waals surface area (Å²) < 4.78 is 0. The van der Waals surface area contributed by atoms with E-state index in [1.807, 2.05) is 24.2 Å². The lowest BCUT2D eigenvalue weighted by Gasteiger charge is -2.06. The number of aryl methyl sites for hydroxylation is 2. The first-order valence-corrected chi connectivity index (χ1v) is 8.63. The molecule has 0 saturated carbocycles. The zero-order valence-corrected chi connectivity index (χ0v) is 13.2. The van der Waals surface area contributed by atoms with Crippen LogP contribution in [-0.2, 0) is 18.6 Å². The molecule has 0 bridgehead atoms. The molecular weight excluding hydrogens is 278 g/mol. The molecule has 0 aliphatic heterocycles. The largest absolute Gasteiger partial charge is 0.369 e. The second-order valence-corrected chi connectivity index (χ2v) is 6.44. The third kappa shape index (κ3) is 3.76. The van der Waals surface area contributed by atoms with Gasteiger partial charge in [-0.15, -0.1) is 11.8 Å². The fraction of sp³-hybridized carbons (Fsp3) is 0.412. The fourth-order valence-electron chi connectivity index (χ4n) is 2.57. The minimum atomic E-state index is 0.864. The lowest BCUT2D eigenvalue weighted by molar-refractivity contribution is 0.911. The van der Waals surface area contributed by atoms with Crippen molar-refractivity contribution in [2.45, 2.75) is 43.3 Å². The van der Waals surface area contributed by atoms with E-state index in [-0.39, 0.29) is 0 Å². The zero-order valence-electron chi connectivity index (χ0n) is 12.4. The number of hydrogen-bond acceptors (Lipinski definition) is 4. The van der Waals surface area contributed by atoms with Crippen LogP contribution in [0.25, 0.3) is 0 Å². The molecule has 1 aliphatic carbocycles. The van der Waals surface area contributed by atoms with Crippen LogP contribution in [0.15, 0.2) is 35.5 Å². The summed E-state index contributed by atoms with van der Waals surface area (Å²) in [6.07, 6.45) is 8.59. The van der Waals surface area contributed by atoms with Crippen molar-refractivity contribution in [1.29, 1.82) is 0 Å². The Balaban J connectivity index is 1.57. The maximum atomic E-state index is 4.47. The quantitative estimate of drug-likeness (QED) is 0.816. The van der Waals surface area contributed by atoms with Crippen LogP contribution in [0, 0.1) is 0 Å². The predicted molar refractivity (Wildman–Crippen MR) is 88.8 cm³/mol. The van der Waals surface area contributed by atoms with E-state index in [9.17, 15) is 0 Å². The Morgan fingerprint density at radius 2 is 2.05 bits per heavy atom. The van der Waals surface area contributed by atoms with Crippen LogP contribution < -0.4 is 5.32 Å². The maximum Gasteiger partial charge on any atom is 0.144 e. The van der Waals surface area contributed by atoms with Gasteiger partial charge in [0.15, 0.2) is 0 Å². The Hall–Kier alpha value is -1.55. The van der Waals surface area contributed by atoms with E-state index in [4.69, 9.17) is 0 Å². The van der Waals surface area contributed by atoms with Gasteiger partial charge in [0.1, 0.15) is 5.82 Å². The molecule has 0 atom stereocenters. The molecule has 3 nitrogen and oxygen atoms in total. The highest BCUT2D eigenvalue weighted by Gasteiger charge is 2.11. The minimum Gasteiger partial charge on any atom is -0.369 e. The molecule has 110 valence electrons. The molecule has 0 saturated heterocycles. The molecule has 1 heterocycles. The molecule has 1 N–H and O–H groups in total. The van der Waals surface area contributed by atoms with Crippen LogP contribution >= 0.6 is 11.8 Å². The highest BCUT2D eigenvalue weighted by Crippen LogP contribution is 2.28. The molecule has 1 aromatic carbocycles. The molecule has 1 aliphatic rings. The van der Waals surface area contributed by atoms with Crippen molar-refractivity contribution < 1.29 is 0 Å². The number of hydrogen-bond donors (Lipinski definition) is 1. The molecule has 0 spiro atoms. The lowest BCUT2D eigenvalue weighted by atomic mass is 10.1. The third-order valence-electron chi connectivity index (χ3n) is 3.72. The third-order valence-corrected chi connectivity index (χ3v) is 4.75. The molecule has 0 amide bonds. The van der Waals surface area contributed by atoms with E-state index in [1.165, 1.54) is 35.3 Å². The number of benzene rings is 1. The van der Waals surface area contributed by atoms with E-state index < -0.39 is 0 Å². The fourth-order valence-corrected chi connectivity index (χ4v) is 3.42. The number of nitrogens with one attached hydrogen (secondary N) is 1. The number of anilines is 1. The second kappa shape index (κ2) is 6.94. The Labute approximate surface area is 130 Å². The van der Waals surface area contributed by atoms with Crippen LogP contribution in [0.1, 0.15) is 36.6 Å². The Morgan fingerprint density at radius 1 is 1.14 bits per heavy atom. The zero-order chi connectivity index (χ0) is 14.5. The first kappa shape index (κ1) is 14.4. The summed E-state index contributed by atoms with van der Waals surface area (Å²) in [6.45, 7) is 3.08. The summed E-state index contributed by atoms with van der Waals surface area (Å²) in [5.41, 5.74) is 4.10. The van der Waals surface area contributed by atoms with Gasteiger partial charge < -0.3 is 5.32 Å². The summed E-state index contributed by atoms with van der Waals surface area (Å²) in [6, 6.07) is 6.87. The number of thioether (sulfide) groups is 1. The minimum absolute atomic E-state index is 0.864. The summed E-state index contributed by atoms with van der Waals surface area (Å²) >= 11 is 1.84. The van der Waals surface area contributed by atoms with Gasteiger partial charge in [0.2, 0.25) is 0 Å². The highest BCUT2D eigenvalue weighted by molar-refractivity contribution is 7.98. The van der Waals surface area contributed by atoms with Crippen molar-refractivity contribution in [3.05, 3.63) is 47.4 Å². The van der Waals surface area contributed by atoms with Gasteiger partial charge in [0.25, 0.3) is 0 Å². The molecule has 2 aromatic rings. The van der Waals surface area contributed by atoms with Crippen LogP contribution in [0.5, 0.6) is 0 Å². The van der Waals surface area contributed by atoms with E-state index in [2.05, 4.69) is 40.4 Å². The van der Waals surface area contributed by atoms with Crippen molar-refractivity contribution in [3.8, 4) is 0 Å². The predicted octanol–water partition coefficient (Wildman–Crippen LogP) is 4.08. The summed E-state index contributed by atoms with van der Waals surface area (Å²) in [5.74, 6) is 1.74. The first-order chi connectivity index (χ1) is 10.3. The van der Waals surface area contributed by atoms with Gasteiger partial charge >= 0.3 is 0 Å². The highest BCUT2D eigenvalue weighted by atomic mass is 32.2. The maximum absolute atomic E-state index is 4.47. The molecule has 0 unspecified atom stereocenters. The normalized spacial score (nSPS) is 13.2. The molecule has 0 fully saturated rings. The van der Waals surface area contributed by atoms with Crippen LogP contribution in [0.2, 0.25) is 0 Å². The summed E-state index contributed by atoms with van der Waals surface area (Å²) in [7, 11) is 0. The Bertz CT molecular complexity index is 595. The number of nitrogens with zero attached hydrogens (tertiary/aromatic N) is 2. The Morgan fingerprint density at radius 3 is 2.86 bits per heavy atom. The van der Waals surface area contributed by atoms with E-state index >= 15 is 0 Å². The van der Waals surface area contributed by atoms with Gasteiger partial charge in [-0.3, -0.25) is 4.98 Å². The molecular formula is C17H21N3S. The van der Waals surface area contributed by atoms with Crippen molar-refractivity contribution in [2.75, 3.05) is 11.9 Å². The van der Waals surface area contributed by atoms with Crippen molar-refractivity contribution in [1.82, 2.24) is 9.97 Å². The van der Waals surface area contributed by atoms with Gasteiger partial charge in [0, 0.05) is 17.2 Å². The summed E-state index contributed by atoms with van der Waals surface area (Å²) in [4.78, 5) is 10.2. The molecule has 4 heteroatoms.